The summed E-state index contributed by atoms with van der Waals surface area (Å²) < 4.78 is 13.3. The van der Waals surface area contributed by atoms with Gasteiger partial charge in [0.1, 0.15) is 5.82 Å². The van der Waals surface area contributed by atoms with Gasteiger partial charge in [-0.1, -0.05) is 6.92 Å². The van der Waals surface area contributed by atoms with Crippen LogP contribution < -0.4 is 5.32 Å². The third kappa shape index (κ3) is 4.59. The fourth-order valence-electron chi connectivity index (χ4n) is 2.75. The van der Waals surface area contributed by atoms with E-state index in [4.69, 9.17) is 5.26 Å². The van der Waals surface area contributed by atoms with Crippen molar-refractivity contribution in [3.8, 4) is 6.07 Å². The van der Waals surface area contributed by atoms with E-state index in [1.807, 2.05) is 6.07 Å². The molecule has 1 N–H and O–H groups in total. The van der Waals surface area contributed by atoms with Crippen molar-refractivity contribution in [1.82, 2.24) is 10.2 Å². The van der Waals surface area contributed by atoms with E-state index < -0.39 is 0 Å². The Balaban J connectivity index is 1.74. The Kier molecular flexibility index (Phi) is 5.51. The van der Waals surface area contributed by atoms with Crippen molar-refractivity contribution >= 4 is 0 Å². The number of nitriles is 1. The molecule has 0 spiro atoms. The zero-order chi connectivity index (χ0) is 14.4. The molecule has 0 aromatic heterocycles. The Bertz CT molecular complexity index is 475. The second kappa shape index (κ2) is 7.37. The molecular formula is C16H22FN3. The highest BCUT2D eigenvalue weighted by molar-refractivity contribution is 5.33. The van der Waals surface area contributed by atoms with Crippen molar-refractivity contribution < 1.29 is 4.39 Å². The summed E-state index contributed by atoms with van der Waals surface area (Å²) in [6.45, 7) is 7.32. The van der Waals surface area contributed by atoms with E-state index in [9.17, 15) is 4.39 Å². The van der Waals surface area contributed by atoms with E-state index in [0.29, 0.717) is 18.0 Å². The first-order chi connectivity index (χ1) is 9.67. The summed E-state index contributed by atoms with van der Waals surface area (Å²) in [6.07, 6.45) is 2.64. The molecule has 3 nitrogen and oxygen atoms in total. The summed E-state index contributed by atoms with van der Waals surface area (Å²) in [5.74, 6) is 0.239. The Morgan fingerprint density at radius 1 is 1.35 bits per heavy atom. The Hall–Kier alpha value is -1.44. The standard InChI is InChI=1S/C16H22FN3/c1-13(12-20-4-2-3-5-20)10-19-11-15-6-14(9-18)7-16(17)8-15/h6-8,13,19H,2-5,10-12H2,1H3. The summed E-state index contributed by atoms with van der Waals surface area (Å²) >= 11 is 0. The van der Waals surface area contributed by atoms with Crippen LogP contribution in [0.3, 0.4) is 0 Å². The minimum absolute atomic E-state index is 0.342. The molecule has 1 aliphatic heterocycles. The molecular weight excluding hydrogens is 253 g/mol. The van der Waals surface area contributed by atoms with Crippen LogP contribution in [0.2, 0.25) is 0 Å². The molecule has 1 aromatic carbocycles. The molecule has 2 rings (SSSR count). The maximum Gasteiger partial charge on any atom is 0.124 e. The monoisotopic (exact) mass is 275 g/mol. The predicted octanol–water partition coefficient (Wildman–Crippen LogP) is 2.52. The van der Waals surface area contributed by atoms with Crippen LogP contribution in [-0.4, -0.2) is 31.1 Å². The van der Waals surface area contributed by atoms with Crippen molar-refractivity contribution in [3.63, 3.8) is 0 Å². The van der Waals surface area contributed by atoms with Crippen LogP contribution in [0.1, 0.15) is 30.9 Å². The van der Waals surface area contributed by atoms with E-state index in [1.54, 1.807) is 6.07 Å². The molecule has 1 fully saturated rings. The van der Waals surface area contributed by atoms with E-state index in [2.05, 4.69) is 17.1 Å². The number of nitrogens with zero attached hydrogens (tertiary/aromatic N) is 2. The van der Waals surface area contributed by atoms with Crippen molar-refractivity contribution in [3.05, 3.63) is 35.1 Å². The lowest BCUT2D eigenvalue weighted by Gasteiger charge is -2.20. The van der Waals surface area contributed by atoms with E-state index in [1.165, 1.54) is 38.1 Å². The molecule has 4 heteroatoms. The van der Waals surface area contributed by atoms with Crippen LogP contribution in [0.5, 0.6) is 0 Å². The summed E-state index contributed by atoms with van der Waals surface area (Å²) in [5, 5.41) is 12.2. The number of halogens is 1. The van der Waals surface area contributed by atoms with Gasteiger partial charge in [0.2, 0.25) is 0 Å². The van der Waals surface area contributed by atoms with Crippen LogP contribution in [-0.2, 0) is 6.54 Å². The highest BCUT2D eigenvalue weighted by Gasteiger charge is 2.14. The Morgan fingerprint density at radius 2 is 2.10 bits per heavy atom. The fourth-order valence-corrected chi connectivity index (χ4v) is 2.75. The topological polar surface area (TPSA) is 39.1 Å². The average molecular weight is 275 g/mol. The van der Waals surface area contributed by atoms with Crippen molar-refractivity contribution in [2.45, 2.75) is 26.3 Å². The second-order valence-corrected chi connectivity index (χ2v) is 5.70. The molecule has 1 atom stereocenters. The van der Waals surface area contributed by atoms with Gasteiger partial charge in [-0.05, 0) is 62.2 Å². The first-order valence-electron chi connectivity index (χ1n) is 7.30. The number of rotatable bonds is 6. The highest BCUT2D eigenvalue weighted by atomic mass is 19.1. The lowest BCUT2D eigenvalue weighted by molar-refractivity contribution is 0.282. The van der Waals surface area contributed by atoms with E-state index >= 15 is 0 Å². The summed E-state index contributed by atoms with van der Waals surface area (Å²) in [4.78, 5) is 2.50. The lowest BCUT2D eigenvalue weighted by atomic mass is 10.1. The van der Waals surface area contributed by atoms with Crippen LogP contribution >= 0.6 is 0 Å². The molecule has 1 unspecified atom stereocenters. The van der Waals surface area contributed by atoms with Gasteiger partial charge < -0.3 is 10.2 Å². The first kappa shape index (κ1) is 15.0. The molecule has 108 valence electrons. The number of likely N-dealkylation sites (tertiary alicyclic amines) is 1. The molecule has 0 amide bonds. The molecule has 1 saturated heterocycles. The Labute approximate surface area is 120 Å². The normalized spacial score (nSPS) is 17.1. The third-order valence-corrected chi connectivity index (χ3v) is 3.68. The lowest BCUT2D eigenvalue weighted by Crippen LogP contribution is -2.31. The van der Waals surface area contributed by atoms with Crippen molar-refractivity contribution in [1.29, 1.82) is 5.26 Å². The zero-order valence-corrected chi connectivity index (χ0v) is 12.0. The molecule has 0 saturated carbocycles. The Morgan fingerprint density at radius 3 is 2.80 bits per heavy atom. The third-order valence-electron chi connectivity index (χ3n) is 3.68. The largest absolute Gasteiger partial charge is 0.312 e. The number of benzene rings is 1. The van der Waals surface area contributed by atoms with E-state index in [0.717, 1.165) is 18.7 Å². The van der Waals surface area contributed by atoms with Gasteiger partial charge in [0, 0.05) is 13.1 Å². The fraction of sp³-hybridized carbons (Fsp3) is 0.562. The van der Waals surface area contributed by atoms with Gasteiger partial charge >= 0.3 is 0 Å². The zero-order valence-electron chi connectivity index (χ0n) is 12.0. The van der Waals surface area contributed by atoms with Gasteiger partial charge in [0.25, 0.3) is 0 Å². The molecule has 1 aromatic rings. The van der Waals surface area contributed by atoms with Crippen LogP contribution in [0.25, 0.3) is 0 Å². The number of hydrogen-bond donors (Lipinski definition) is 1. The predicted molar refractivity (Wildman–Crippen MR) is 77.7 cm³/mol. The molecule has 20 heavy (non-hydrogen) atoms. The summed E-state index contributed by atoms with van der Waals surface area (Å²) in [7, 11) is 0. The molecule has 0 bridgehead atoms. The van der Waals surface area contributed by atoms with Gasteiger partial charge in [-0.25, -0.2) is 4.39 Å². The van der Waals surface area contributed by atoms with Crippen LogP contribution in [0.4, 0.5) is 4.39 Å². The van der Waals surface area contributed by atoms with Crippen molar-refractivity contribution in [2.75, 3.05) is 26.2 Å². The van der Waals surface area contributed by atoms with Gasteiger partial charge in [-0.2, -0.15) is 5.26 Å². The summed E-state index contributed by atoms with van der Waals surface area (Å²) in [5.41, 5.74) is 1.21. The summed E-state index contributed by atoms with van der Waals surface area (Å²) in [6, 6.07) is 6.47. The number of hydrogen-bond acceptors (Lipinski definition) is 3. The SMILES string of the molecule is CC(CNCc1cc(F)cc(C#N)c1)CN1CCCC1. The van der Waals surface area contributed by atoms with Gasteiger partial charge in [-0.3, -0.25) is 0 Å². The maximum atomic E-state index is 13.3. The van der Waals surface area contributed by atoms with Crippen LogP contribution in [0.15, 0.2) is 18.2 Å². The quantitative estimate of drug-likeness (QED) is 0.867. The first-order valence-corrected chi connectivity index (χ1v) is 7.30. The van der Waals surface area contributed by atoms with Gasteiger partial charge in [-0.15, -0.1) is 0 Å². The van der Waals surface area contributed by atoms with Gasteiger partial charge in [0.15, 0.2) is 0 Å². The average Bonchev–Trinajstić information content (AvgIpc) is 2.90. The minimum Gasteiger partial charge on any atom is -0.312 e. The van der Waals surface area contributed by atoms with Gasteiger partial charge in [0.05, 0.1) is 11.6 Å². The molecule has 0 radical (unpaired) electrons. The molecule has 1 aliphatic rings. The molecule has 1 heterocycles. The number of nitrogens with one attached hydrogen (secondary N) is 1. The van der Waals surface area contributed by atoms with Crippen LogP contribution in [0, 0.1) is 23.1 Å². The highest BCUT2D eigenvalue weighted by Crippen LogP contribution is 2.11. The van der Waals surface area contributed by atoms with E-state index in [-0.39, 0.29) is 5.82 Å². The molecule has 0 aliphatic carbocycles. The smallest absolute Gasteiger partial charge is 0.124 e. The van der Waals surface area contributed by atoms with Crippen molar-refractivity contribution in [2.24, 2.45) is 5.92 Å². The minimum atomic E-state index is -0.342. The second-order valence-electron chi connectivity index (χ2n) is 5.70. The maximum absolute atomic E-state index is 13.3.